The Morgan fingerprint density at radius 1 is 1.47 bits per heavy atom. The van der Waals surface area contributed by atoms with Crippen molar-refractivity contribution in [3.8, 4) is 0 Å². The van der Waals surface area contributed by atoms with Crippen molar-refractivity contribution in [2.45, 2.75) is 39.8 Å². The molecular weight excluding hydrogens is 192 g/mol. The molecule has 0 atom stereocenters. The first kappa shape index (κ1) is 11.8. The lowest BCUT2D eigenvalue weighted by Gasteiger charge is -1.98. The molecule has 1 aromatic heterocycles. The van der Waals surface area contributed by atoms with Crippen LogP contribution in [0.2, 0.25) is 0 Å². The molecule has 0 aliphatic carbocycles. The molecule has 1 heterocycles. The van der Waals surface area contributed by atoms with Crippen LogP contribution in [-0.4, -0.2) is 17.1 Å². The first-order valence-electron chi connectivity index (χ1n) is 5.46. The van der Waals surface area contributed by atoms with Gasteiger partial charge in [-0.1, -0.05) is 6.92 Å². The van der Waals surface area contributed by atoms with Crippen molar-refractivity contribution in [1.29, 1.82) is 0 Å². The van der Waals surface area contributed by atoms with Crippen LogP contribution in [0.3, 0.4) is 0 Å². The molecule has 0 unspecified atom stereocenters. The SMILES string of the molecule is CCC[n+]1ccn(CCC(=O)OCC)c1. The molecule has 0 saturated heterocycles. The van der Waals surface area contributed by atoms with Gasteiger partial charge in [0.05, 0.1) is 19.6 Å². The third kappa shape index (κ3) is 4.14. The van der Waals surface area contributed by atoms with E-state index in [0.29, 0.717) is 19.6 Å². The maximum atomic E-state index is 11.1. The number of rotatable bonds is 6. The van der Waals surface area contributed by atoms with Crippen LogP contribution in [0.5, 0.6) is 0 Å². The van der Waals surface area contributed by atoms with E-state index in [9.17, 15) is 4.79 Å². The van der Waals surface area contributed by atoms with E-state index in [-0.39, 0.29) is 5.97 Å². The van der Waals surface area contributed by atoms with Crippen molar-refractivity contribution in [2.24, 2.45) is 0 Å². The molecule has 0 aliphatic heterocycles. The minimum atomic E-state index is -0.131. The van der Waals surface area contributed by atoms with Gasteiger partial charge >= 0.3 is 5.97 Å². The van der Waals surface area contributed by atoms with Crippen molar-refractivity contribution < 1.29 is 14.1 Å². The molecule has 0 saturated carbocycles. The Kier molecular flexibility index (Phi) is 4.87. The molecule has 1 aromatic rings. The highest BCUT2D eigenvalue weighted by molar-refractivity contribution is 5.69. The summed E-state index contributed by atoms with van der Waals surface area (Å²) in [6, 6.07) is 0. The maximum Gasteiger partial charge on any atom is 0.309 e. The first-order chi connectivity index (χ1) is 7.26. The van der Waals surface area contributed by atoms with Crippen LogP contribution in [0, 0.1) is 0 Å². The fraction of sp³-hybridized carbons (Fsp3) is 0.636. The summed E-state index contributed by atoms with van der Waals surface area (Å²) in [5.74, 6) is -0.131. The molecule has 0 amide bonds. The largest absolute Gasteiger partial charge is 0.466 e. The number of aryl methyl sites for hydroxylation is 2. The van der Waals surface area contributed by atoms with Crippen LogP contribution in [0.4, 0.5) is 0 Å². The Morgan fingerprint density at radius 2 is 2.27 bits per heavy atom. The van der Waals surface area contributed by atoms with E-state index < -0.39 is 0 Å². The van der Waals surface area contributed by atoms with Crippen molar-refractivity contribution in [2.75, 3.05) is 6.61 Å². The number of hydrogen-bond acceptors (Lipinski definition) is 2. The molecule has 0 bridgehead atoms. The summed E-state index contributed by atoms with van der Waals surface area (Å²) in [7, 11) is 0. The summed E-state index contributed by atoms with van der Waals surface area (Å²) in [6.45, 7) is 6.13. The lowest BCUT2D eigenvalue weighted by atomic mass is 10.4. The molecule has 0 aromatic carbocycles. The van der Waals surface area contributed by atoms with Gasteiger partial charge in [0, 0.05) is 0 Å². The number of esters is 1. The Morgan fingerprint density at radius 3 is 2.93 bits per heavy atom. The number of nitrogens with zero attached hydrogens (tertiary/aromatic N) is 2. The fourth-order valence-electron chi connectivity index (χ4n) is 1.42. The van der Waals surface area contributed by atoms with Gasteiger partial charge in [-0.25, -0.2) is 9.13 Å². The van der Waals surface area contributed by atoms with Gasteiger partial charge in [0.25, 0.3) is 0 Å². The van der Waals surface area contributed by atoms with Crippen molar-refractivity contribution >= 4 is 5.97 Å². The highest BCUT2D eigenvalue weighted by atomic mass is 16.5. The Hall–Kier alpha value is -1.32. The van der Waals surface area contributed by atoms with Gasteiger partial charge in [-0.05, 0) is 13.3 Å². The second-order valence-electron chi connectivity index (χ2n) is 3.44. The second-order valence-corrected chi connectivity index (χ2v) is 3.44. The Labute approximate surface area is 90.5 Å². The molecule has 4 heteroatoms. The zero-order chi connectivity index (χ0) is 11.1. The van der Waals surface area contributed by atoms with Gasteiger partial charge in [-0.15, -0.1) is 0 Å². The number of aromatic nitrogens is 2. The van der Waals surface area contributed by atoms with Crippen LogP contribution < -0.4 is 4.57 Å². The van der Waals surface area contributed by atoms with E-state index in [1.165, 1.54) is 0 Å². The van der Waals surface area contributed by atoms with Gasteiger partial charge in [-0.2, -0.15) is 0 Å². The van der Waals surface area contributed by atoms with E-state index in [2.05, 4.69) is 11.5 Å². The zero-order valence-corrected chi connectivity index (χ0v) is 9.48. The lowest BCUT2D eigenvalue weighted by molar-refractivity contribution is -0.696. The Balaban J connectivity index is 2.34. The molecule has 0 N–H and O–H groups in total. The van der Waals surface area contributed by atoms with E-state index in [1.54, 1.807) is 0 Å². The van der Waals surface area contributed by atoms with Crippen LogP contribution in [0.1, 0.15) is 26.7 Å². The second kappa shape index (κ2) is 6.22. The fourth-order valence-corrected chi connectivity index (χ4v) is 1.42. The van der Waals surface area contributed by atoms with Crippen molar-refractivity contribution in [3.63, 3.8) is 0 Å². The monoisotopic (exact) mass is 211 g/mol. The predicted octanol–water partition coefficient (Wildman–Crippen LogP) is 1.14. The van der Waals surface area contributed by atoms with Crippen LogP contribution in [0.15, 0.2) is 18.7 Å². The highest BCUT2D eigenvalue weighted by Crippen LogP contribution is 1.93. The molecule has 1 rings (SSSR count). The summed E-state index contributed by atoms with van der Waals surface area (Å²) in [6.07, 6.45) is 7.58. The van der Waals surface area contributed by atoms with Crippen LogP contribution >= 0.6 is 0 Å². The predicted molar refractivity (Wildman–Crippen MR) is 56.2 cm³/mol. The summed E-state index contributed by atoms with van der Waals surface area (Å²) < 4.78 is 8.98. The maximum absolute atomic E-state index is 11.1. The molecule has 0 radical (unpaired) electrons. The molecule has 0 fully saturated rings. The van der Waals surface area contributed by atoms with E-state index in [1.807, 2.05) is 30.2 Å². The van der Waals surface area contributed by atoms with Gasteiger partial charge < -0.3 is 4.74 Å². The number of hydrogen-bond donors (Lipinski definition) is 0. The third-order valence-electron chi connectivity index (χ3n) is 2.11. The third-order valence-corrected chi connectivity index (χ3v) is 2.11. The number of imidazole rings is 1. The molecular formula is C11H19N2O2+. The standard InChI is InChI=1S/C11H19N2O2/c1-3-6-12-8-9-13(10-12)7-5-11(14)15-4-2/h8-10H,3-7H2,1-2H3/q+1. The number of carbonyl (C=O) groups excluding carboxylic acids is 1. The summed E-state index contributed by atoms with van der Waals surface area (Å²) >= 11 is 0. The van der Waals surface area contributed by atoms with Gasteiger partial charge in [0.15, 0.2) is 0 Å². The highest BCUT2D eigenvalue weighted by Gasteiger charge is 2.06. The number of ether oxygens (including phenoxy) is 1. The average molecular weight is 211 g/mol. The number of carbonyl (C=O) groups is 1. The van der Waals surface area contributed by atoms with Crippen LogP contribution in [-0.2, 0) is 22.6 Å². The summed E-state index contributed by atoms with van der Waals surface area (Å²) in [5, 5.41) is 0. The average Bonchev–Trinajstić information content (AvgIpc) is 2.64. The quantitative estimate of drug-likeness (QED) is 0.522. The van der Waals surface area contributed by atoms with E-state index in [0.717, 1.165) is 13.0 Å². The summed E-state index contributed by atoms with van der Waals surface area (Å²) in [4.78, 5) is 11.1. The lowest BCUT2D eigenvalue weighted by Crippen LogP contribution is -2.30. The van der Waals surface area contributed by atoms with Crippen LogP contribution in [0.25, 0.3) is 0 Å². The molecule has 84 valence electrons. The first-order valence-corrected chi connectivity index (χ1v) is 5.46. The van der Waals surface area contributed by atoms with Gasteiger partial charge in [0.2, 0.25) is 6.33 Å². The zero-order valence-electron chi connectivity index (χ0n) is 9.48. The molecule has 0 aliphatic rings. The summed E-state index contributed by atoms with van der Waals surface area (Å²) in [5.41, 5.74) is 0. The van der Waals surface area contributed by atoms with Crippen molar-refractivity contribution in [1.82, 2.24) is 4.57 Å². The normalized spacial score (nSPS) is 10.3. The van der Waals surface area contributed by atoms with E-state index in [4.69, 9.17) is 4.74 Å². The minimum Gasteiger partial charge on any atom is -0.466 e. The molecule has 0 spiro atoms. The molecule has 15 heavy (non-hydrogen) atoms. The smallest absolute Gasteiger partial charge is 0.309 e. The van der Waals surface area contributed by atoms with Crippen molar-refractivity contribution in [3.05, 3.63) is 18.7 Å². The topological polar surface area (TPSA) is 35.1 Å². The molecule has 4 nitrogen and oxygen atoms in total. The van der Waals surface area contributed by atoms with Gasteiger partial charge in [0.1, 0.15) is 18.9 Å². The van der Waals surface area contributed by atoms with Gasteiger partial charge in [-0.3, -0.25) is 4.79 Å². The van der Waals surface area contributed by atoms with E-state index >= 15 is 0 Å². The minimum absolute atomic E-state index is 0.131. The Bertz CT molecular complexity index is 307.